The van der Waals surface area contributed by atoms with Gasteiger partial charge in [-0.15, -0.1) is 0 Å². The van der Waals surface area contributed by atoms with Gasteiger partial charge in [0.25, 0.3) is 5.91 Å². The van der Waals surface area contributed by atoms with E-state index in [9.17, 15) is 4.79 Å². The summed E-state index contributed by atoms with van der Waals surface area (Å²) in [5.41, 5.74) is 2.49. The van der Waals surface area contributed by atoms with E-state index in [1.165, 1.54) is 11.8 Å². The number of nitrogens with one attached hydrogen (secondary N) is 1. The Morgan fingerprint density at radius 2 is 1.82 bits per heavy atom. The molecule has 8 heteroatoms. The summed E-state index contributed by atoms with van der Waals surface area (Å²) in [7, 11) is 3.19. The first-order chi connectivity index (χ1) is 16.0. The first kappa shape index (κ1) is 22.8. The van der Waals surface area contributed by atoms with Gasteiger partial charge in [-0.3, -0.25) is 4.79 Å². The molecule has 1 aliphatic rings. The van der Waals surface area contributed by atoms with E-state index >= 15 is 0 Å². The van der Waals surface area contributed by atoms with Gasteiger partial charge in [-0.1, -0.05) is 29.8 Å². The fourth-order valence-electron chi connectivity index (χ4n) is 3.09. The predicted octanol–water partition coefficient (Wildman–Crippen LogP) is 5.83. The third-order valence-corrected chi connectivity index (χ3v) is 5.87. The largest absolute Gasteiger partial charge is 0.497 e. The van der Waals surface area contributed by atoms with E-state index < -0.39 is 0 Å². The molecular formula is C25H21ClN2O4S. The normalized spacial score (nSPS) is 15.5. The molecule has 0 radical (unpaired) electrons. The highest BCUT2D eigenvalue weighted by atomic mass is 35.5. The Kier molecular flexibility index (Phi) is 7.22. The van der Waals surface area contributed by atoms with Gasteiger partial charge in [-0.2, -0.15) is 0 Å². The van der Waals surface area contributed by atoms with E-state index in [1.807, 2.05) is 66.7 Å². The molecule has 1 N–H and O–H groups in total. The topological polar surface area (TPSA) is 69.2 Å². The minimum Gasteiger partial charge on any atom is -0.497 e. The molecule has 3 aromatic rings. The zero-order chi connectivity index (χ0) is 23.2. The number of hydrogen-bond acceptors (Lipinski definition) is 6. The Balaban J connectivity index is 1.47. The zero-order valence-corrected chi connectivity index (χ0v) is 19.6. The second-order valence-electron chi connectivity index (χ2n) is 7.01. The Labute approximate surface area is 201 Å². The minimum absolute atomic E-state index is 0.201. The van der Waals surface area contributed by atoms with Crippen LogP contribution in [0.2, 0.25) is 5.02 Å². The van der Waals surface area contributed by atoms with Gasteiger partial charge >= 0.3 is 0 Å². The molecule has 0 saturated carbocycles. The quantitative estimate of drug-likeness (QED) is 0.431. The molecule has 1 aliphatic heterocycles. The predicted molar refractivity (Wildman–Crippen MR) is 133 cm³/mol. The van der Waals surface area contributed by atoms with Gasteiger partial charge in [0.2, 0.25) is 0 Å². The Morgan fingerprint density at radius 3 is 2.55 bits per heavy atom. The van der Waals surface area contributed by atoms with Crippen molar-refractivity contribution < 1.29 is 19.0 Å². The van der Waals surface area contributed by atoms with E-state index in [0.717, 1.165) is 22.6 Å². The van der Waals surface area contributed by atoms with Gasteiger partial charge in [0, 0.05) is 5.02 Å². The molecule has 1 amide bonds. The number of rotatable bonds is 7. The van der Waals surface area contributed by atoms with E-state index in [4.69, 9.17) is 25.8 Å². The van der Waals surface area contributed by atoms with Crippen molar-refractivity contribution in [1.82, 2.24) is 5.32 Å². The van der Waals surface area contributed by atoms with E-state index in [0.29, 0.717) is 33.2 Å². The van der Waals surface area contributed by atoms with Crippen LogP contribution in [0.3, 0.4) is 0 Å². The van der Waals surface area contributed by atoms with E-state index in [1.54, 1.807) is 20.3 Å². The third kappa shape index (κ3) is 5.88. The summed E-state index contributed by atoms with van der Waals surface area (Å²) < 4.78 is 16.5. The molecule has 33 heavy (non-hydrogen) atoms. The van der Waals surface area contributed by atoms with Crippen molar-refractivity contribution in [3.63, 3.8) is 0 Å². The van der Waals surface area contributed by atoms with Crippen molar-refractivity contribution in [2.75, 3.05) is 14.2 Å². The number of halogens is 1. The fourth-order valence-corrected chi connectivity index (χ4v) is 4.14. The van der Waals surface area contributed by atoms with Gasteiger partial charge < -0.3 is 19.5 Å². The van der Waals surface area contributed by atoms with Crippen molar-refractivity contribution in [3.8, 4) is 17.2 Å². The van der Waals surface area contributed by atoms with E-state index in [2.05, 4.69) is 10.3 Å². The first-order valence-electron chi connectivity index (χ1n) is 10.0. The van der Waals surface area contributed by atoms with Crippen LogP contribution in [-0.2, 0) is 11.4 Å². The summed E-state index contributed by atoms with van der Waals surface area (Å²) in [5, 5.41) is 3.97. The van der Waals surface area contributed by atoms with Crippen LogP contribution < -0.4 is 19.5 Å². The lowest BCUT2D eigenvalue weighted by Crippen LogP contribution is -2.19. The summed E-state index contributed by atoms with van der Waals surface area (Å²) >= 11 is 7.31. The number of ether oxygens (including phenoxy) is 3. The summed E-state index contributed by atoms with van der Waals surface area (Å²) in [4.78, 5) is 17.4. The lowest BCUT2D eigenvalue weighted by atomic mass is 10.2. The zero-order valence-electron chi connectivity index (χ0n) is 18.0. The average Bonchev–Trinajstić information content (AvgIpc) is 3.16. The standard InChI is InChI=1S/C25H21ClN2O4S/c1-30-20-9-7-19(8-10-20)27-25-28-24(29)23(33-25)14-16-6-11-21(22(13-16)31-2)32-15-17-4-3-5-18(26)12-17/h3-14H,15H2,1-2H3,(H,27,28,29)/b23-14-. The fraction of sp³-hybridized carbons (Fsp3) is 0.120. The molecule has 0 unspecified atom stereocenters. The highest BCUT2D eigenvalue weighted by Gasteiger charge is 2.24. The molecule has 0 aliphatic carbocycles. The highest BCUT2D eigenvalue weighted by Crippen LogP contribution is 2.33. The first-order valence-corrected chi connectivity index (χ1v) is 11.2. The highest BCUT2D eigenvalue weighted by molar-refractivity contribution is 8.18. The lowest BCUT2D eigenvalue weighted by molar-refractivity contribution is -0.115. The summed E-state index contributed by atoms with van der Waals surface area (Å²) in [6.45, 7) is 0.362. The number of aliphatic imine (C=N–C) groups is 1. The molecule has 0 atom stereocenters. The monoisotopic (exact) mass is 480 g/mol. The van der Waals surface area contributed by atoms with E-state index in [-0.39, 0.29) is 5.91 Å². The number of carbonyl (C=O) groups excluding carboxylic acids is 1. The molecule has 0 spiro atoms. The van der Waals surface area contributed by atoms with Crippen LogP contribution in [0.25, 0.3) is 6.08 Å². The minimum atomic E-state index is -0.201. The van der Waals surface area contributed by atoms with Gasteiger partial charge in [-0.25, -0.2) is 4.99 Å². The van der Waals surface area contributed by atoms with Crippen LogP contribution in [0, 0.1) is 0 Å². The second-order valence-corrected chi connectivity index (χ2v) is 8.48. The molecule has 6 nitrogen and oxygen atoms in total. The van der Waals surface area contributed by atoms with Gasteiger partial charge in [0.1, 0.15) is 12.4 Å². The molecule has 1 heterocycles. The summed E-state index contributed by atoms with van der Waals surface area (Å²) in [6, 6.07) is 20.3. The molecule has 1 fully saturated rings. The Morgan fingerprint density at radius 1 is 1.00 bits per heavy atom. The van der Waals surface area contributed by atoms with Crippen LogP contribution >= 0.6 is 23.4 Å². The molecule has 4 rings (SSSR count). The van der Waals surface area contributed by atoms with Crippen molar-refractivity contribution in [2.45, 2.75) is 6.61 Å². The second kappa shape index (κ2) is 10.5. The van der Waals surface area contributed by atoms with Crippen LogP contribution in [0.4, 0.5) is 5.69 Å². The van der Waals surface area contributed by atoms with Crippen molar-refractivity contribution in [2.24, 2.45) is 4.99 Å². The number of carbonyl (C=O) groups is 1. The SMILES string of the molecule is COc1ccc(N=C2NC(=O)/C(=C/c3ccc(OCc4cccc(Cl)c4)c(OC)c3)S2)cc1. The van der Waals surface area contributed by atoms with Gasteiger partial charge in [0.05, 0.1) is 24.8 Å². The van der Waals surface area contributed by atoms with Crippen LogP contribution in [-0.4, -0.2) is 25.3 Å². The maximum Gasteiger partial charge on any atom is 0.264 e. The van der Waals surface area contributed by atoms with Crippen molar-refractivity contribution in [1.29, 1.82) is 0 Å². The molecule has 0 bridgehead atoms. The number of amides is 1. The number of nitrogens with zero attached hydrogens (tertiary/aromatic N) is 1. The third-order valence-electron chi connectivity index (χ3n) is 4.72. The van der Waals surface area contributed by atoms with Crippen molar-refractivity contribution in [3.05, 3.63) is 87.8 Å². The molecular weight excluding hydrogens is 460 g/mol. The number of thioether (sulfide) groups is 1. The smallest absolute Gasteiger partial charge is 0.264 e. The molecule has 0 aromatic heterocycles. The number of amidine groups is 1. The van der Waals surface area contributed by atoms with Crippen LogP contribution in [0.15, 0.2) is 76.6 Å². The summed E-state index contributed by atoms with van der Waals surface area (Å²) in [6.07, 6.45) is 1.79. The number of benzene rings is 3. The number of methoxy groups -OCH3 is 2. The van der Waals surface area contributed by atoms with Crippen LogP contribution in [0.1, 0.15) is 11.1 Å². The van der Waals surface area contributed by atoms with Gasteiger partial charge in [-0.05, 0) is 77.5 Å². The number of hydrogen-bond donors (Lipinski definition) is 1. The van der Waals surface area contributed by atoms with Crippen LogP contribution in [0.5, 0.6) is 17.2 Å². The maximum atomic E-state index is 12.4. The lowest BCUT2D eigenvalue weighted by Gasteiger charge is -2.11. The van der Waals surface area contributed by atoms with Crippen molar-refractivity contribution >= 4 is 46.2 Å². The maximum absolute atomic E-state index is 12.4. The van der Waals surface area contributed by atoms with Gasteiger partial charge in [0.15, 0.2) is 16.7 Å². The summed E-state index contributed by atoms with van der Waals surface area (Å²) in [5.74, 6) is 1.72. The Hall–Kier alpha value is -3.42. The Bertz CT molecular complexity index is 1230. The molecule has 168 valence electrons. The molecule has 1 saturated heterocycles. The average molecular weight is 481 g/mol. The molecule has 3 aromatic carbocycles.